The lowest BCUT2D eigenvalue weighted by molar-refractivity contribution is 0.706. The Morgan fingerprint density at radius 2 is 1.95 bits per heavy atom. The molecule has 0 radical (unpaired) electrons. The second kappa shape index (κ2) is 4.24. The molecule has 3 aromatic rings. The van der Waals surface area contributed by atoms with Crippen molar-refractivity contribution in [3.8, 4) is 11.1 Å². The van der Waals surface area contributed by atoms with E-state index in [9.17, 15) is 0 Å². The number of para-hydroxylation sites is 1. The van der Waals surface area contributed by atoms with Crippen molar-refractivity contribution in [3.05, 3.63) is 41.3 Å². The number of nitrogens with two attached hydrogens (primary N) is 1. The largest absolute Gasteiger partial charge is 0.358 e. The maximum Gasteiger partial charge on any atom is 0.0676 e. The summed E-state index contributed by atoms with van der Waals surface area (Å²) < 4.78 is 1.88. The first-order chi connectivity index (χ1) is 9.13. The number of nitrogens with one attached hydrogen (secondary N) is 1. The molecule has 0 aliphatic heterocycles. The van der Waals surface area contributed by atoms with Gasteiger partial charge < -0.3 is 10.7 Å². The number of hydrogen-bond donors (Lipinski definition) is 2. The zero-order chi connectivity index (χ0) is 13.6. The van der Waals surface area contributed by atoms with Crippen LogP contribution >= 0.6 is 0 Å². The first-order valence-electron chi connectivity index (χ1n) is 6.43. The Balaban J connectivity index is 2.39. The summed E-state index contributed by atoms with van der Waals surface area (Å²) in [4.78, 5) is 3.44. The van der Waals surface area contributed by atoms with Crippen LogP contribution in [0.25, 0.3) is 22.0 Å². The van der Waals surface area contributed by atoms with Gasteiger partial charge in [0.15, 0.2) is 0 Å². The van der Waals surface area contributed by atoms with Crippen molar-refractivity contribution < 1.29 is 0 Å². The molecule has 0 unspecified atom stereocenters. The second-order valence-corrected chi connectivity index (χ2v) is 4.91. The third kappa shape index (κ3) is 1.68. The van der Waals surface area contributed by atoms with E-state index in [1.807, 2.05) is 24.7 Å². The van der Waals surface area contributed by atoms with E-state index >= 15 is 0 Å². The number of rotatable bonds is 2. The van der Waals surface area contributed by atoms with Gasteiger partial charge in [0.25, 0.3) is 0 Å². The molecule has 98 valence electrons. The Kier molecular flexibility index (Phi) is 2.68. The summed E-state index contributed by atoms with van der Waals surface area (Å²) in [7, 11) is 1.95. The molecule has 0 aliphatic rings. The van der Waals surface area contributed by atoms with E-state index in [4.69, 9.17) is 5.73 Å². The molecule has 0 aliphatic carbocycles. The van der Waals surface area contributed by atoms with Crippen LogP contribution in [0.1, 0.15) is 17.1 Å². The summed E-state index contributed by atoms with van der Waals surface area (Å²) in [6.45, 7) is 4.63. The molecule has 0 fully saturated rings. The number of aromatic amines is 1. The van der Waals surface area contributed by atoms with E-state index in [2.05, 4.69) is 35.2 Å². The Labute approximate surface area is 112 Å². The number of aromatic nitrogens is 3. The van der Waals surface area contributed by atoms with E-state index < -0.39 is 0 Å². The summed E-state index contributed by atoms with van der Waals surface area (Å²) in [5.41, 5.74) is 12.7. The first kappa shape index (κ1) is 12.0. The fourth-order valence-corrected chi connectivity index (χ4v) is 2.86. The molecule has 1 aromatic carbocycles. The quantitative estimate of drug-likeness (QED) is 0.738. The Morgan fingerprint density at radius 3 is 2.68 bits per heavy atom. The van der Waals surface area contributed by atoms with Gasteiger partial charge >= 0.3 is 0 Å². The van der Waals surface area contributed by atoms with Crippen LogP contribution in [0.15, 0.2) is 24.3 Å². The maximum atomic E-state index is 5.89. The molecule has 2 heterocycles. The van der Waals surface area contributed by atoms with Crippen molar-refractivity contribution in [2.75, 3.05) is 0 Å². The van der Waals surface area contributed by atoms with Crippen molar-refractivity contribution in [1.29, 1.82) is 0 Å². The SMILES string of the molecule is Cc1nn(C)c(CN)c1-c1c(C)[nH]c2ccccc12. The molecule has 0 amide bonds. The lowest BCUT2D eigenvalue weighted by Gasteiger charge is -2.05. The molecular formula is C15H18N4. The van der Waals surface area contributed by atoms with E-state index in [1.54, 1.807) is 0 Å². The van der Waals surface area contributed by atoms with Gasteiger partial charge in [0.2, 0.25) is 0 Å². The first-order valence-corrected chi connectivity index (χ1v) is 6.43. The van der Waals surface area contributed by atoms with Gasteiger partial charge in [0.1, 0.15) is 0 Å². The average Bonchev–Trinajstić information content (AvgIpc) is 2.84. The molecular weight excluding hydrogens is 236 g/mol. The highest BCUT2D eigenvalue weighted by molar-refractivity contribution is 5.98. The van der Waals surface area contributed by atoms with Crippen molar-refractivity contribution in [1.82, 2.24) is 14.8 Å². The van der Waals surface area contributed by atoms with E-state index in [-0.39, 0.29) is 0 Å². The topological polar surface area (TPSA) is 59.6 Å². The third-order valence-corrected chi connectivity index (χ3v) is 3.68. The number of fused-ring (bicyclic) bond motifs is 1. The van der Waals surface area contributed by atoms with Crippen LogP contribution in [0.2, 0.25) is 0 Å². The molecule has 0 saturated carbocycles. The van der Waals surface area contributed by atoms with Gasteiger partial charge in [-0.1, -0.05) is 18.2 Å². The zero-order valence-corrected chi connectivity index (χ0v) is 11.5. The maximum absolute atomic E-state index is 5.89. The summed E-state index contributed by atoms with van der Waals surface area (Å²) in [6.07, 6.45) is 0. The summed E-state index contributed by atoms with van der Waals surface area (Å²) >= 11 is 0. The predicted molar refractivity (Wildman–Crippen MR) is 77.9 cm³/mol. The van der Waals surface area contributed by atoms with E-state index in [1.165, 1.54) is 16.5 Å². The van der Waals surface area contributed by atoms with Crippen LogP contribution in [0.5, 0.6) is 0 Å². The standard InChI is InChI=1S/C15H18N4/c1-9-14(11-6-4-5-7-12(11)17-9)15-10(2)18-19(3)13(15)8-16/h4-7,17H,8,16H2,1-3H3. The van der Waals surface area contributed by atoms with Crippen molar-refractivity contribution in [2.45, 2.75) is 20.4 Å². The monoisotopic (exact) mass is 254 g/mol. The highest BCUT2D eigenvalue weighted by Gasteiger charge is 2.19. The molecule has 4 nitrogen and oxygen atoms in total. The van der Waals surface area contributed by atoms with Gasteiger partial charge in [-0.15, -0.1) is 0 Å². The summed E-state index contributed by atoms with van der Waals surface area (Å²) in [5.74, 6) is 0. The van der Waals surface area contributed by atoms with Gasteiger partial charge in [-0.25, -0.2) is 0 Å². The molecule has 0 atom stereocenters. The van der Waals surface area contributed by atoms with Crippen LogP contribution in [-0.4, -0.2) is 14.8 Å². The Bertz CT molecular complexity index is 749. The fraction of sp³-hybridized carbons (Fsp3) is 0.267. The van der Waals surface area contributed by atoms with Gasteiger partial charge in [0.05, 0.1) is 11.4 Å². The minimum atomic E-state index is 0.492. The zero-order valence-electron chi connectivity index (χ0n) is 11.5. The molecule has 0 saturated heterocycles. The number of H-pyrrole nitrogens is 1. The number of nitrogens with zero attached hydrogens (tertiary/aromatic N) is 2. The highest BCUT2D eigenvalue weighted by atomic mass is 15.3. The third-order valence-electron chi connectivity index (χ3n) is 3.68. The van der Waals surface area contributed by atoms with Crippen LogP contribution in [0.3, 0.4) is 0 Å². The molecule has 4 heteroatoms. The molecule has 19 heavy (non-hydrogen) atoms. The van der Waals surface area contributed by atoms with Gasteiger partial charge in [-0.2, -0.15) is 5.10 Å². The minimum Gasteiger partial charge on any atom is -0.358 e. The highest BCUT2D eigenvalue weighted by Crippen LogP contribution is 2.35. The molecule has 0 bridgehead atoms. The van der Waals surface area contributed by atoms with Crippen molar-refractivity contribution >= 4 is 10.9 Å². The van der Waals surface area contributed by atoms with Crippen LogP contribution < -0.4 is 5.73 Å². The van der Waals surface area contributed by atoms with E-state index in [0.29, 0.717) is 6.54 Å². The molecule has 2 aromatic heterocycles. The predicted octanol–water partition coefficient (Wildman–Crippen LogP) is 2.64. The van der Waals surface area contributed by atoms with Crippen molar-refractivity contribution in [3.63, 3.8) is 0 Å². The van der Waals surface area contributed by atoms with Gasteiger partial charge in [0, 0.05) is 41.3 Å². The Hall–Kier alpha value is -2.07. The van der Waals surface area contributed by atoms with E-state index in [0.717, 1.165) is 22.6 Å². The molecule has 3 N–H and O–H groups in total. The number of benzene rings is 1. The van der Waals surface area contributed by atoms with Crippen LogP contribution in [0.4, 0.5) is 0 Å². The van der Waals surface area contributed by atoms with Crippen molar-refractivity contribution in [2.24, 2.45) is 12.8 Å². The lowest BCUT2D eigenvalue weighted by atomic mass is 10.00. The normalized spacial score (nSPS) is 11.4. The van der Waals surface area contributed by atoms with Gasteiger partial charge in [-0.3, -0.25) is 4.68 Å². The summed E-state index contributed by atoms with van der Waals surface area (Å²) in [5, 5.41) is 5.74. The second-order valence-electron chi connectivity index (χ2n) is 4.91. The fourth-order valence-electron chi connectivity index (χ4n) is 2.86. The van der Waals surface area contributed by atoms with Crippen LogP contribution in [-0.2, 0) is 13.6 Å². The Morgan fingerprint density at radius 1 is 1.21 bits per heavy atom. The lowest BCUT2D eigenvalue weighted by Crippen LogP contribution is -2.05. The summed E-state index contributed by atoms with van der Waals surface area (Å²) in [6, 6.07) is 8.34. The van der Waals surface area contributed by atoms with Gasteiger partial charge in [-0.05, 0) is 19.9 Å². The average molecular weight is 254 g/mol. The molecule has 3 rings (SSSR count). The minimum absolute atomic E-state index is 0.492. The smallest absolute Gasteiger partial charge is 0.0676 e. The van der Waals surface area contributed by atoms with Crippen LogP contribution in [0, 0.1) is 13.8 Å². The number of aryl methyl sites for hydroxylation is 3. The number of hydrogen-bond acceptors (Lipinski definition) is 2. The molecule has 0 spiro atoms.